The molecule has 2 heterocycles. The molecule has 58 valence electrons. The maximum Gasteiger partial charge on any atom is 0.0638 e. The quantitative estimate of drug-likeness (QED) is 0.606. The summed E-state index contributed by atoms with van der Waals surface area (Å²) in [6.45, 7) is 3.13. The topological polar surface area (TPSA) is 24.9 Å². The molecule has 0 amide bonds. The second-order valence-electron chi connectivity index (χ2n) is 2.98. The number of pyridine rings is 1. The fourth-order valence-electron chi connectivity index (χ4n) is 1.44. The van der Waals surface area contributed by atoms with Gasteiger partial charge in [-0.3, -0.25) is 4.98 Å². The molecular weight excluding hydrogens is 136 g/mol. The molecule has 1 aliphatic rings. The molecule has 0 saturated carbocycles. The van der Waals surface area contributed by atoms with Crippen LogP contribution >= 0.6 is 0 Å². The van der Waals surface area contributed by atoms with Gasteiger partial charge in [0.2, 0.25) is 0 Å². The minimum atomic E-state index is 1.09. The van der Waals surface area contributed by atoms with E-state index in [0.29, 0.717) is 0 Å². The highest BCUT2D eigenvalue weighted by Gasteiger charge is 2.08. The summed E-state index contributed by atoms with van der Waals surface area (Å²) >= 11 is 0. The van der Waals surface area contributed by atoms with E-state index >= 15 is 0 Å². The Morgan fingerprint density at radius 3 is 3.27 bits per heavy atom. The number of hydrogen-bond acceptors (Lipinski definition) is 2. The van der Waals surface area contributed by atoms with E-state index in [2.05, 4.69) is 22.4 Å². The zero-order chi connectivity index (χ0) is 7.68. The molecule has 1 aliphatic heterocycles. The van der Waals surface area contributed by atoms with Crippen molar-refractivity contribution in [2.75, 3.05) is 11.9 Å². The fraction of sp³-hybridized carbons (Fsp3) is 0.444. The van der Waals surface area contributed by atoms with Crippen LogP contribution in [0.1, 0.15) is 17.8 Å². The lowest BCUT2D eigenvalue weighted by Gasteiger charge is -2.16. The molecule has 0 radical (unpaired) electrons. The van der Waals surface area contributed by atoms with Crippen LogP contribution < -0.4 is 5.32 Å². The van der Waals surface area contributed by atoms with Crippen molar-refractivity contribution >= 4 is 5.69 Å². The minimum absolute atomic E-state index is 1.09. The largest absolute Gasteiger partial charge is 0.384 e. The molecule has 2 rings (SSSR count). The van der Waals surface area contributed by atoms with E-state index in [1.807, 2.05) is 6.92 Å². The summed E-state index contributed by atoms with van der Waals surface area (Å²) in [7, 11) is 0. The number of nitrogens with zero attached hydrogens (tertiary/aromatic N) is 1. The molecule has 0 bridgehead atoms. The monoisotopic (exact) mass is 148 g/mol. The van der Waals surface area contributed by atoms with Crippen LogP contribution in [0.15, 0.2) is 12.1 Å². The normalized spacial score (nSPS) is 15.4. The zero-order valence-electron chi connectivity index (χ0n) is 6.72. The molecule has 1 N–H and O–H groups in total. The van der Waals surface area contributed by atoms with E-state index in [1.54, 1.807) is 0 Å². The lowest BCUT2D eigenvalue weighted by Crippen LogP contribution is -2.13. The van der Waals surface area contributed by atoms with Crippen LogP contribution in [-0.4, -0.2) is 11.5 Å². The number of aryl methyl sites for hydroxylation is 2. The third kappa shape index (κ3) is 1.20. The third-order valence-electron chi connectivity index (χ3n) is 2.02. The highest BCUT2D eigenvalue weighted by Crippen LogP contribution is 2.19. The highest BCUT2D eigenvalue weighted by molar-refractivity contribution is 5.49. The van der Waals surface area contributed by atoms with Crippen molar-refractivity contribution in [1.82, 2.24) is 4.98 Å². The van der Waals surface area contributed by atoms with Crippen molar-refractivity contribution in [2.45, 2.75) is 19.8 Å². The summed E-state index contributed by atoms with van der Waals surface area (Å²) < 4.78 is 0. The predicted octanol–water partition coefficient (Wildman–Crippen LogP) is 1.75. The molecule has 0 unspecified atom stereocenters. The van der Waals surface area contributed by atoms with Gasteiger partial charge in [-0.1, -0.05) is 0 Å². The van der Waals surface area contributed by atoms with Crippen LogP contribution in [0.2, 0.25) is 0 Å². The Balaban J connectivity index is 2.43. The summed E-state index contributed by atoms with van der Waals surface area (Å²) in [5, 5.41) is 3.33. The molecular formula is C9H12N2. The summed E-state index contributed by atoms with van der Waals surface area (Å²) in [5.41, 5.74) is 3.57. The Hall–Kier alpha value is -1.05. The smallest absolute Gasteiger partial charge is 0.0638 e. The summed E-state index contributed by atoms with van der Waals surface area (Å²) in [6.07, 6.45) is 2.34. The van der Waals surface area contributed by atoms with E-state index < -0.39 is 0 Å². The minimum Gasteiger partial charge on any atom is -0.384 e. The summed E-state index contributed by atoms with van der Waals surface area (Å²) in [4.78, 5) is 4.45. The first-order valence-corrected chi connectivity index (χ1v) is 4.07. The molecule has 11 heavy (non-hydrogen) atoms. The SMILES string of the molecule is Cc1ccc2c(n1)CCCN2. The van der Waals surface area contributed by atoms with Gasteiger partial charge in [0.05, 0.1) is 11.4 Å². The van der Waals surface area contributed by atoms with Gasteiger partial charge in [0, 0.05) is 12.2 Å². The van der Waals surface area contributed by atoms with Crippen LogP contribution in [0.5, 0.6) is 0 Å². The summed E-state index contributed by atoms with van der Waals surface area (Å²) in [5.74, 6) is 0. The van der Waals surface area contributed by atoms with E-state index in [1.165, 1.54) is 17.8 Å². The molecule has 2 nitrogen and oxygen atoms in total. The standard InChI is InChI=1S/C9H12N2/c1-7-4-5-8-9(11-7)3-2-6-10-8/h4-5,10H,2-3,6H2,1H3. The predicted molar refractivity (Wildman–Crippen MR) is 45.8 cm³/mol. The molecule has 0 aliphatic carbocycles. The van der Waals surface area contributed by atoms with Crippen LogP contribution in [0.4, 0.5) is 5.69 Å². The van der Waals surface area contributed by atoms with Crippen LogP contribution in [-0.2, 0) is 6.42 Å². The van der Waals surface area contributed by atoms with Gasteiger partial charge in [-0.25, -0.2) is 0 Å². The second kappa shape index (κ2) is 2.53. The maximum atomic E-state index is 4.45. The Morgan fingerprint density at radius 1 is 1.45 bits per heavy atom. The van der Waals surface area contributed by atoms with Crippen molar-refractivity contribution in [3.63, 3.8) is 0 Å². The van der Waals surface area contributed by atoms with Gasteiger partial charge < -0.3 is 5.32 Å². The van der Waals surface area contributed by atoms with Crippen molar-refractivity contribution in [1.29, 1.82) is 0 Å². The van der Waals surface area contributed by atoms with Crippen molar-refractivity contribution in [3.05, 3.63) is 23.5 Å². The van der Waals surface area contributed by atoms with Gasteiger partial charge in [0.15, 0.2) is 0 Å². The number of fused-ring (bicyclic) bond motifs is 1. The maximum absolute atomic E-state index is 4.45. The van der Waals surface area contributed by atoms with E-state index in [-0.39, 0.29) is 0 Å². The first kappa shape index (κ1) is 6.65. The van der Waals surface area contributed by atoms with Gasteiger partial charge in [-0.2, -0.15) is 0 Å². The lowest BCUT2D eigenvalue weighted by molar-refractivity contribution is 0.797. The number of rotatable bonds is 0. The highest BCUT2D eigenvalue weighted by atomic mass is 14.9. The van der Waals surface area contributed by atoms with Gasteiger partial charge >= 0.3 is 0 Å². The van der Waals surface area contributed by atoms with E-state index in [4.69, 9.17) is 0 Å². The van der Waals surface area contributed by atoms with E-state index in [0.717, 1.165) is 18.7 Å². The first-order chi connectivity index (χ1) is 5.36. The summed E-state index contributed by atoms with van der Waals surface area (Å²) in [6, 6.07) is 4.17. The Kier molecular flexibility index (Phi) is 1.53. The van der Waals surface area contributed by atoms with Crippen molar-refractivity contribution in [3.8, 4) is 0 Å². The Bertz CT molecular complexity index is 268. The van der Waals surface area contributed by atoms with Crippen LogP contribution in [0.25, 0.3) is 0 Å². The van der Waals surface area contributed by atoms with Crippen molar-refractivity contribution in [2.24, 2.45) is 0 Å². The molecule has 1 aromatic rings. The fourth-order valence-corrected chi connectivity index (χ4v) is 1.44. The Morgan fingerprint density at radius 2 is 2.36 bits per heavy atom. The van der Waals surface area contributed by atoms with Gasteiger partial charge in [-0.15, -0.1) is 0 Å². The zero-order valence-corrected chi connectivity index (χ0v) is 6.72. The third-order valence-corrected chi connectivity index (χ3v) is 2.02. The number of aromatic nitrogens is 1. The van der Waals surface area contributed by atoms with Gasteiger partial charge in [0.25, 0.3) is 0 Å². The lowest BCUT2D eigenvalue weighted by atomic mass is 10.1. The first-order valence-electron chi connectivity index (χ1n) is 4.07. The molecule has 2 heteroatoms. The number of nitrogens with one attached hydrogen (secondary N) is 1. The second-order valence-corrected chi connectivity index (χ2v) is 2.98. The van der Waals surface area contributed by atoms with Crippen LogP contribution in [0, 0.1) is 6.92 Å². The average molecular weight is 148 g/mol. The van der Waals surface area contributed by atoms with Gasteiger partial charge in [-0.05, 0) is 31.9 Å². The molecule has 0 fully saturated rings. The van der Waals surface area contributed by atoms with Crippen LogP contribution in [0.3, 0.4) is 0 Å². The average Bonchev–Trinajstić information content (AvgIpc) is 2.04. The number of hydrogen-bond donors (Lipinski definition) is 1. The van der Waals surface area contributed by atoms with E-state index in [9.17, 15) is 0 Å². The molecule has 0 spiro atoms. The molecule has 0 atom stereocenters. The molecule has 1 aromatic heterocycles. The van der Waals surface area contributed by atoms with Crippen molar-refractivity contribution < 1.29 is 0 Å². The molecule has 0 aromatic carbocycles. The number of anilines is 1. The Labute approximate surface area is 66.7 Å². The van der Waals surface area contributed by atoms with Gasteiger partial charge in [0.1, 0.15) is 0 Å². The molecule has 0 saturated heterocycles.